The monoisotopic (exact) mass is 142 g/mol. The Bertz CT molecular complexity index is 146. The van der Waals surface area contributed by atoms with Gasteiger partial charge in [-0.1, -0.05) is 12.0 Å². The summed E-state index contributed by atoms with van der Waals surface area (Å²) in [6.45, 7) is 3.82. The first kappa shape index (κ1) is 8.59. The Morgan fingerprint density at radius 3 is 2.78 bits per heavy atom. The molecule has 50 valence electrons. The van der Waals surface area contributed by atoms with E-state index in [1.807, 2.05) is 19.9 Å². The van der Waals surface area contributed by atoms with Crippen molar-refractivity contribution < 1.29 is 0 Å². The van der Waals surface area contributed by atoms with E-state index in [1.54, 1.807) is 0 Å². The lowest BCUT2D eigenvalue weighted by molar-refractivity contribution is 1.21. The molecule has 0 aliphatic rings. The van der Waals surface area contributed by atoms with Gasteiger partial charge >= 0.3 is 0 Å². The third-order valence-electron chi connectivity index (χ3n) is 0.882. The Hall–Kier alpha value is -0.410. The topological polar surface area (TPSA) is 0 Å². The average Bonchev–Trinajstić information content (AvgIpc) is 1.85. The van der Waals surface area contributed by atoms with Crippen LogP contribution >= 0.6 is 11.6 Å². The number of allylic oxidation sites excluding steroid dienone is 2. The van der Waals surface area contributed by atoms with Crippen molar-refractivity contribution in [1.29, 1.82) is 0 Å². The molecule has 0 aromatic heterocycles. The summed E-state index contributed by atoms with van der Waals surface area (Å²) in [5.41, 5.74) is 1.11. The maximum Gasteiger partial charge on any atom is 0.0258 e. The van der Waals surface area contributed by atoms with Gasteiger partial charge in [-0.05, 0) is 25.8 Å². The molecule has 0 rings (SSSR count). The van der Waals surface area contributed by atoms with E-state index < -0.39 is 0 Å². The maximum atomic E-state index is 5.45. The molecule has 9 heavy (non-hydrogen) atoms. The van der Waals surface area contributed by atoms with Crippen molar-refractivity contribution in [3.8, 4) is 11.8 Å². The van der Waals surface area contributed by atoms with Crippen molar-refractivity contribution in [3.05, 3.63) is 11.6 Å². The van der Waals surface area contributed by atoms with E-state index in [0.717, 1.165) is 12.0 Å². The minimum Gasteiger partial charge on any atom is -0.126 e. The molecule has 0 aliphatic heterocycles. The van der Waals surface area contributed by atoms with E-state index in [-0.39, 0.29) is 0 Å². The normalized spacial score (nSPS) is 10.3. The second-order valence-corrected chi connectivity index (χ2v) is 2.12. The summed E-state index contributed by atoms with van der Waals surface area (Å²) in [5.74, 6) is 6.43. The average molecular weight is 143 g/mol. The Morgan fingerprint density at radius 2 is 2.33 bits per heavy atom. The van der Waals surface area contributed by atoms with E-state index in [0.29, 0.717) is 5.88 Å². The lowest BCUT2D eigenvalue weighted by atomic mass is 10.2. The molecule has 0 amide bonds. The van der Waals surface area contributed by atoms with Crippen LogP contribution in [0, 0.1) is 11.8 Å². The van der Waals surface area contributed by atoms with Gasteiger partial charge in [0.15, 0.2) is 0 Å². The standard InChI is InChI=1S/C8H11Cl/c1-3-5-8(2)6-4-7-9/h6H,4,7H2,1-2H3/b8-6+. The summed E-state index contributed by atoms with van der Waals surface area (Å²) in [6.07, 6.45) is 2.96. The number of hydrogen-bond acceptors (Lipinski definition) is 0. The van der Waals surface area contributed by atoms with Gasteiger partial charge in [-0.3, -0.25) is 0 Å². The van der Waals surface area contributed by atoms with E-state index in [4.69, 9.17) is 11.6 Å². The zero-order valence-corrected chi connectivity index (χ0v) is 6.63. The summed E-state index contributed by atoms with van der Waals surface area (Å²) in [6, 6.07) is 0. The van der Waals surface area contributed by atoms with Crippen molar-refractivity contribution in [2.75, 3.05) is 5.88 Å². The van der Waals surface area contributed by atoms with Crippen LogP contribution < -0.4 is 0 Å². The van der Waals surface area contributed by atoms with Crippen molar-refractivity contribution in [2.45, 2.75) is 20.3 Å². The molecule has 0 atom stereocenters. The molecule has 1 heteroatoms. The molecular weight excluding hydrogens is 132 g/mol. The van der Waals surface area contributed by atoms with Gasteiger partial charge in [0, 0.05) is 5.88 Å². The SMILES string of the molecule is CC#C/C(C)=C/CCCl. The summed E-state index contributed by atoms with van der Waals surface area (Å²) < 4.78 is 0. The number of halogens is 1. The molecular formula is C8H11Cl. The van der Waals surface area contributed by atoms with E-state index in [1.165, 1.54) is 0 Å². The molecule has 0 saturated heterocycles. The molecule has 0 spiro atoms. The summed E-state index contributed by atoms with van der Waals surface area (Å²) in [4.78, 5) is 0. The summed E-state index contributed by atoms with van der Waals surface area (Å²) in [7, 11) is 0. The van der Waals surface area contributed by atoms with Crippen molar-refractivity contribution in [3.63, 3.8) is 0 Å². The fourth-order valence-corrected chi connectivity index (χ4v) is 0.628. The van der Waals surface area contributed by atoms with Gasteiger partial charge in [-0.15, -0.1) is 17.5 Å². The van der Waals surface area contributed by atoms with Crippen LogP contribution in [0.15, 0.2) is 11.6 Å². The fraction of sp³-hybridized carbons (Fsp3) is 0.500. The third kappa shape index (κ3) is 5.46. The molecule has 0 nitrogen and oxygen atoms in total. The minimum absolute atomic E-state index is 0.683. The van der Waals surface area contributed by atoms with E-state index >= 15 is 0 Å². The zero-order chi connectivity index (χ0) is 7.11. The van der Waals surface area contributed by atoms with Crippen LogP contribution in [0.25, 0.3) is 0 Å². The Kier molecular flexibility index (Phi) is 5.46. The zero-order valence-electron chi connectivity index (χ0n) is 5.87. The number of rotatable bonds is 2. The molecule has 0 N–H and O–H groups in total. The first-order valence-electron chi connectivity index (χ1n) is 2.96. The van der Waals surface area contributed by atoms with Crippen LogP contribution in [-0.2, 0) is 0 Å². The predicted molar refractivity (Wildman–Crippen MR) is 42.5 cm³/mol. The molecule has 0 heterocycles. The molecule has 0 bridgehead atoms. The largest absolute Gasteiger partial charge is 0.126 e. The number of hydrogen-bond donors (Lipinski definition) is 0. The maximum absolute atomic E-state index is 5.45. The van der Waals surface area contributed by atoms with Gasteiger partial charge in [-0.2, -0.15) is 0 Å². The Balaban J connectivity index is 3.65. The van der Waals surface area contributed by atoms with Crippen molar-refractivity contribution >= 4 is 11.6 Å². The van der Waals surface area contributed by atoms with Crippen LogP contribution in [0.1, 0.15) is 20.3 Å². The van der Waals surface area contributed by atoms with Crippen LogP contribution in [0.5, 0.6) is 0 Å². The third-order valence-corrected chi connectivity index (χ3v) is 1.10. The summed E-state index contributed by atoms with van der Waals surface area (Å²) in [5, 5.41) is 0. The highest BCUT2D eigenvalue weighted by molar-refractivity contribution is 6.17. The van der Waals surface area contributed by atoms with Gasteiger partial charge in [0.05, 0.1) is 0 Å². The van der Waals surface area contributed by atoms with Gasteiger partial charge in [0.2, 0.25) is 0 Å². The highest BCUT2D eigenvalue weighted by atomic mass is 35.5. The minimum atomic E-state index is 0.683. The fourth-order valence-electron chi connectivity index (χ4n) is 0.519. The van der Waals surface area contributed by atoms with Crippen molar-refractivity contribution in [1.82, 2.24) is 0 Å². The molecule has 0 saturated carbocycles. The molecule has 0 aromatic rings. The van der Waals surface area contributed by atoms with E-state index in [9.17, 15) is 0 Å². The molecule has 0 radical (unpaired) electrons. The second-order valence-electron chi connectivity index (χ2n) is 1.74. The van der Waals surface area contributed by atoms with Crippen LogP contribution in [0.4, 0.5) is 0 Å². The lowest BCUT2D eigenvalue weighted by Gasteiger charge is -1.84. The first-order chi connectivity index (χ1) is 4.31. The predicted octanol–water partition coefficient (Wildman–Crippen LogP) is 2.58. The van der Waals surface area contributed by atoms with Gasteiger partial charge in [0.1, 0.15) is 0 Å². The first-order valence-corrected chi connectivity index (χ1v) is 3.50. The molecule has 0 fully saturated rings. The molecule has 0 aliphatic carbocycles. The highest BCUT2D eigenvalue weighted by Crippen LogP contribution is 1.93. The van der Waals surface area contributed by atoms with Crippen LogP contribution in [0.2, 0.25) is 0 Å². The quantitative estimate of drug-likeness (QED) is 0.411. The second kappa shape index (κ2) is 5.72. The highest BCUT2D eigenvalue weighted by Gasteiger charge is 1.78. The molecule has 0 aromatic carbocycles. The number of alkyl halides is 1. The van der Waals surface area contributed by atoms with Crippen LogP contribution in [-0.4, -0.2) is 5.88 Å². The van der Waals surface area contributed by atoms with Gasteiger partial charge < -0.3 is 0 Å². The molecule has 0 unspecified atom stereocenters. The summed E-state index contributed by atoms with van der Waals surface area (Å²) >= 11 is 5.45. The van der Waals surface area contributed by atoms with E-state index in [2.05, 4.69) is 11.8 Å². The smallest absolute Gasteiger partial charge is 0.0258 e. The van der Waals surface area contributed by atoms with Gasteiger partial charge in [-0.25, -0.2) is 0 Å². The Labute approximate surface area is 61.9 Å². The van der Waals surface area contributed by atoms with Gasteiger partial charge in [0.25, 0.3) is 0 Å². The van der Waals surface area contributed by atoms with Crippen molar-refractivity contribution in [2.24, 2.45) is 0 Å². The Morgan fingerprint density at radius 1 is 1.67 bits per heavy atom. The lowest BCUT2D eigenvalue weighted by Crippen LogP contribution is -1.71. The van der Waals surface area contributed by atoms with Crippen LogP contribution in [0.3, 0.4) is 0 Å².